The maximum absolute atomic E-state index is 4.27. The molecule has 0 amide bonds. The summed E-state index contributed by atoms with van der Waals surface area (Å²) < 4.78 is 0. The fourth-order valence-electron chi connectivity index (χ4n) is 1.01. The second-order valence-electron chi connectivity index (χ2n) is 5.84. The summed E-state index contributed by atoms with van der Waals surface area (Å²) in [4.78, 5) is 4.27. The van der Waals surface area contributed by atoms with Gasteiger partial charge in [-0.15, -0.1) is 5.54 Å². The van der Waals surface area contributed by atoms with Crippen LogP contribution in [0.15, 0.2) is 18.3 Å². The summed E-state index contributed by atoms with van der Waals surface area (Å²) in [6.45, 7) is 13.5. The van der Waals surface area contributed by atoms with Gasteiger partial charge in [0.15, 0.2) is 0 Å². The summed E-state index contributed by atoms with van der Waals surface area (Å²) >= 11 is 0. The van der Waals surface area contributed by atoms with E-state index in [1.165, 1.54) is 5.56 Å². The van der Waals surface area contributed by atoms with E-state index in [1.807, 2.05) is 18.3 Å². The number of aryl methyl sites for hydroxylation is 1. The van der Waals surface area contributed by atoms with E-state index >= 15 is 0 Å². The molecule has 1 heterocycles. The molecule has 0 aliphatic heterocycles. The third-order valence-electron chi connectivity index (χ3n) is 3.29. The molecule has 0 saturated carbocycles. The van der Waals surface area contributed by atoms with Gasteiger partial charge in [0.2, 0.25) is 0 Å². The molecule has 1 aromatic heterocycles. The zero-order valence-electron chi connectivity index (χ0n) is 11.2. The Morgan fingerprint density at radius 2 is 1.88 bits per heavy atom. The molecule has 16 heavy (non-hydrogen) atoms. The second-order valence-corrected chi connectivity index (χ2v) is 10.8. The third kappa shape index (κ3) is 3.21. The molecule has 1 aromatic rings. The molecule has 0 aliphatic carbocycles. The van der Waals surface area contributed by atoms with Crippen molar-refractivity contribution in [2.75, 3.05) is 0 Å². The maximum Gasteiger partial charge on any atom is 0.138 e. The van der Waals surface area contributed by atoms with Crippen LogP contribution in [0.2, 0.25) is 18.1 Å². The lowest BCUT2D eigenvalue weighted by Gasteiger charge is -2.31. The molecule has 0 bridgehead atoms. The summed E-state index contributed by atoms with van der Waals surface area (Å²) in [7, 11) is -1.51. The first-order chi connectivity index (χ1) is 7.22. The van der Waals surface area contributed by atoms with Crippen LogP contribution in [0.4, 0.5) is 0 Å². The Morgan fingerprint density at radius 1 is 1.25 bits per heavy atom. The van der Waals surface area contributed by atoms with Gasteiger partial charge in [-0.3, -0.25) is 0 Å². The van der Waals surface area contributed by atoms with Crippen LogP contribution in [0, 0.1) is 18.4 Å². The first-order valence-electron chi connectivity index (χ1n) is 5.68. The van der Waals surface area contributed by atoms with Crippen LogP contribution in [0.1, 0.15) is 32.0 Å². The fourth-order valence-corrected chi connectivity index (χ4v) is 1.83. The topological polar surface area (TPSA) is 12.9 Å². The molecule has 0 aliphatic rings. The van der Waals surface area contributed by atoms with Crippen LogP contribution >= 0.6 is 0 Å². The van der Waals surface area contributed by atoms with Crippen LogP contribution in [0.5, 0.6) is 0 Å². The van der Waals surface area contributed by atoms with E-state index in [0.29, 0.717) is 5.04 Å². The Hall–Kier alpha value is -1.07. The fraction of sp³-hybridized carbons (Fsp3) is 0.500. The second kappa shape index (κ2) is 4.43. The maximum atomic E-state index is 4.27. The molecular weight excluding hydrogens is 210 g/mol. The number of hydrogen-bond donors (Lipinski definition) is 0. The SMILES string of the molecule is Cc1ccnc(C#C[Si](C)(C)C(C)(C)C)c1. The highest BCUT2D eigenvalue weighted by Crippen LogP contribution is 2.35. The van der Waals surface area contributed by atoms with Gasteiger partial charge in [-0.05, 0) is 29.7 Å². The monoisotopic (exact) mass is 231 g/mol. The van der Waals surface area contributed by atoms with Gasteiger partial charge in [-0.2, -0.15) is 0 Å². The minimum Gasteiger partial charge on any atom is -0.248 e. The van der Waals surface area contributed by atoms with Crippen molar-refractivity contribution in [1.29, 1.82) is 0 Å². The van der Waals surface area contributed by atoms with E-state index in [0.717, 1.165) is 5.69 Å². The Labute approximate surface area is 100 Å². The average Bonchev–Trinajstić information content (AvgIpc) is 2.13. The lowest BCUT2D eigenvalue weighted by Crippen LogP contribution is -2.35. The zero-order chi connectivity index (χ0) is 12.4. The molecule has 0 spiro atoms. The molecule has 1 rings (SSSR count). The number of nitrogens with zero attached hydrogens (tertiary/aromatic N) is 1. The predicted molar refractivity (Wildman–Crippen MR) is 73.0 cm³/mol. The molecule has 0 atom stereocenters. The highest BCUT2D eigenvalue weighted by atomic mass is 28.3. The lowest BCUT2D eigenvalue weighted by molar-refractivity contribution is 0.731. The number of pyridine rings is 1. The van der Waals surface area contributed by atoms with E-state index in [-0.39, 0.29) is 0 Å². The number of rotatable bonds is 0. The molecule has 86 valence electrons. The minimum absolute atomic E-state index is 0.309. The van der Waals surface area contributed by atoms with Crippen molar-refractivity contribution < 1.29 is 0 Å². The largest absolute Gasteiger partial charge is 0.248 e. The summed E-state index contributed by atoms with van der Waals surface area (Å²) in [5.74, 6) is 3.23. The summed E-state index contributed by atoms with van der Waals surface area (Å²) in [6.07, 6.45) is 1.82. The number of hydrogen-bond acceptors (Lipinski definition) is 1. The highest BCUT2D eigenvalue weighted by molar-refractivity contribution is 6.87. The molecule has 0 aromatic carbocycles. The van der Waals surface area contributed by atoms with Gasteiger partial charge in [0.05, 0.1) is 0 Å². The molecule has 0 N–H and O–H groups in total. The van der Waals surface area contributed by atoms with Gasteiger partial charge in [-0.1, -0.05) is 39.8 Å². The smallest absolute Gasteiger partial charge is 0.138 e. The quantitative estimate of drug-likeness (QED) is 0.489. The lowest BCUT2D eigenvalue weighted by atomic mass is 10.2. The molecule has 0 radical (unpaired) electrons. The Kier molecular flexibility index (Phi) is 3.60. The van der Waals surface area contributed by atoms with Crippen molar-refractivity contribution in [3.05, 3.63) is 29.6 Å². The molecule has 0 fully saturated rings. The third-order valence-corrected chi connectivity index (χ3v) is 7.79. The van der Waals surface area contributed by atoms with Crippen molar-refractivity contribution >= 4 is 8.07 Å². The van der Waals surface area contributed by atoms with Gasteiger partial charge < -0.3 is 0 Å². The van der Waals surface area contributed by atoms with Crippen LogP contribution in [0.3, 0.4) is 0 Å². The molecule has 0 saturated heterocycles. The normalized spacial score (nSPS) is 11.9. The Morgan fingerprint density at radius 3 is 2.38 bits per heavy atom. The molecular formula is C14H21NSi. The van der Waals surface area contributed by atoms with E-state index < -0.39 is 8.07 Å². The molecule has 1 nitrogen and oxygen atoms in total. The van der Waals surface area contributed by atoms with Gasteiger partial charge in [0.1, 0.15) is 13.8 Å². The van der Waals surface area contributed by atoms with Crippen molar-refractivity contribution in [3.63, 3.8) is 0 Å². The van der Waals surface area contributed by atoms with E-state index in [2.05, 4.69) is 57.2 Å². The van der Waals surface area contributed by atoms with Crippen molar-refractivity contribution in [2.24, 2.45) is 0 Å². The number of aromatic nitrogens is 1. The van der Waals surface area contributed by atoms with Crippen molar-refractivity contribution in [3.8, 4) is 11.5 Å². The van der Waals surface area contributed by atoms with Gasteiger partial charge in [-0.25, -0.2) is 4.98 Å². The first kappa shape index (κ1) is 13.0. The van der Waals surface area contributed by atoms with Gasteiger partial charge in [0, 0.05) is 6.20 Å². The van der Waals surface area contributed by atoms with E-state index in [9.17, 15) is 0 Å². The Bertz CT molecular complexity index is 430. The van der Waals surface area contributed by atoms with Crippen LogP contribution in [0.25, 0.3) is 0 Å². The summed E-state index contributed by atoms with van der Waals surface area (Å²) in [6, 6.07) is 4.04. The molecule has 0 unspecified atom stereocenters. The van der Waals surface area contributed by atoms with Gasteiger partial charge in [0.25, 0.3) is 0 Å². The standard InChI is InChI=1S/C14H21NSi/c1-12-7-9-15-13(11-12)8-10-16(5,6)14(2,3)4/h7,9,11H,1-6H3. The van der Waals surface area contributed by atoms with Gasteiger partial charge >= 0.3 is 0 Å². The zero-order valence-corrected chi connectivity index (χ0v) is 12.2. The minimum atomic E-state index is -1.51. The van der Waals surface area contributed by atoms with Crippen LogP contribution in [-0.4, -0.2) is 13.1 Å². The Balaban J connectivity index is 2.99. The summed E-state index contributed by atoms with van der Waals surface area (Å²) in [5, 5.41) is 0.309. The van der Waals surface area contributed by atoms with Crippen LogP contribution in [-0.2, 0) is 0 Å². The van der Waals surface area contributed by atoms with E-state index in [4.69, 9.17) is 0 Å². The average molecular weight is 231 g/mol. The van der Waals surface area contributed by atoms with Crippen molar-refractivity contribution in [2.45, 2.75) is 45.8 Å². The van der Waals surface area contributed by atoms with Crippen LogP contribution < -0.4 is 0 Å². The van der Waals surface area contributed by atoms with E-state index in [1.54, 1.807) is 0 Å². The first-order valence-corrected chi connectivity index (χ1v) is 8.68. The molecule has 2 heteroatoms. The predicted octanol–water partition coefficient (Wildman–Crippen LogP) is 3.79. The van der Waals surface area contributed by atoms with Crippen molar-refractivity contribution in [1.82, 2.24) is 4.98 Å². The summed E-state index contributed by atoms with van der Waals surface area (Å²) in [5.41, 5.74) is 5.58. The highest BCUT2D eigenvalue weighted by Gasteiger charge is 2.33.